The molecule has 0 saturated heterocycles. The normalized spacial score (nSPS) is 16.7. The maximum Gasteiger partial charge on any atom is 0.250 e. The monoisotopic (exact) mass is 486 g/mol. The third kappa shape index (κ3) is 4.62. The van der Waals surface area contributed by atoms with Gasteiger partial charge in [-0.25, -0.2) is 8.42 Å². The molecule has 4 rings (SSSR count). The molecule has 0 aliphatic carbocycles. The van der Waals surface area contributed by atoms with Gasteiger partial charge in [0, 0.05) is 6.54 Å². The summed E-state index contributed by atoms with van der Waals surface area (Å²) in [7, 11) is -0.603. The fourth-order valence-electron chi connectivity index (χ4n) is 4.18. The van der Waals surface area contributed by atoms with Crippen molar-refractivity contribution >= 4 is 27.3 Å². The number of rotatable bonds is 7. The minimum atomic E-state index is -3.78. The largest absolute Gasteiger partial charge is 0.493 e. The predicted octanol–water partition coefficient (Wildman–Crippen LogP) is 3.61. The van der Waals surface area contributed by atoms with Gasteiger partial charge >= 0.3 is 0 Å². The van der Waals surface area contributed by atoms with Crippen LogP contribution in [0.1, 0.15) is 29.7 Å². The summed E-state index contributed by atoms with van der Waals surface area (Å²) in [6.07, 6.45) is 0.620. The molecule has 0 fully saturated rings. The van der Waals surface area contributed by atoms with E-state index in [0.717, 1.165) is 28.0 Å². The molecule has 7 nitrogen and oxygen atoms in total. The zero-order valence-corrected chi connectivity index (χ0v) is 20.3. The number of amides is 1. The van der Waals surface area contributed by atoms with E-state index in [0.29, 0.717) is 24.5 Å². The van der Waals surface area contributed by atoms with E-state index in [2.05, 4.69) is 4.72 Å². The van der Waals surface area contributed by atoms with Gasteiger partial charge in [0.15, 0.2) is 11.5 Å². The average molecular weight is 487 g/mol. The Labute approximate surface area is 198 Å². The highest BCUT2D eigenvalue weighted by atomic mass is 32.2. The minimum Gasteiger partial charge on any atom is -0.493 e. The van der Waals surface area contributed by atoms with Gasteiger partial charge in [-0.1, -0.05) is 36.4 Å². The lowest BCUT2D eigenvalue weighted by atomic mass is 9.87. The number of sulfonamides is 1. The number of thiophene rings is 1. The highest BCUT2D eigenvalue weighted by molar-refractivity contribution is 7.91. The van der Waals surface area contributed by atoms with Gasteiger partial charge in [-0.2, -0.15) is 4.72 Å². The van der Waals surface area contributed by atoms with Crippen LogP contribution in [0.5, 0.6) is 11.5 Å². The first kappa shape index (κ1) is 23.3. The number of benzene rings is 2. The van der Waals surface area contributed by atoms with E-state index in [1.165, 1.54) is 6.07 Å². The van der Waals surface area contributed by atoms with Crippen molar-refractivity contribution in [3.8, 4) is 11.5 Å². The van der Waals surface area contributed by atoms with Crippen LogP contribution in [0.4, 0.5) is 0 Å². The Kier molecular flexibility index (Phi) is 6.73. The van der Waals surface area contributed by atoms with Crippen LogP contribution >= 0.6 is 11.3 Å². The molecule has 0 saturated carbocycles. The Morgan fingerprint density at radius 2 is 1.79 bits per heavy atom. The number of carbonyl (C=O) groups is 1. The van der Waals surface area contributed by atoms with Gasteiger partial charge in [0.25, 0.3) is 10.0 Å². The molecule has 1 aliphatic heterocycles. The number of nitrogens with one attached hydrogen (secondary N) is 1. The lowest BCUT2D eigenvalue weighted by Crippen LogP contribution is -2.50. The Hall–Kier alpha value is -2.88. The average Bonchev–Trinajstić information content (AvgIpc) is 3.38. The van der Waals surface area contributed by atoms with Crippen LogP contribution in [0.25, 0.3) is 0 Å². The smallest absolute Gasteiger partial charge is 0.250 e. The third-order valence-electron chi connectivity index (χ3n) is 5.73. The van der Waals surface area contributed by atoms with Gasteiger partial charge in [-0.05, 0) is 53.6 Å². The number of fused-ring (bicyclic) bond motifs is 1. The van der Waals surface area contributed by atoms with Crippen LogP contribution in [0.3, 0.4) is 0 Å². The van der Waals surface area contributed by atoms with Crippen LogP contribution in [-0.4, -0.2) is 46.0 Å². The molecule has 1 aromatic heterocycles. The van der Waals surface area contributed by atoms with Crippen molar-refractivity contribution in [2.45, 2.75) is 29.6 Å². The first-order valence-corrected chi connectivity index (χ1v) is 12.9. The van der Waals surface area contributed by atoms with Crippen molar-refractivity contribution in [1.29, 1.82) is 0 Å². The molecule has 0 bridgehead atoms. The number of nitrogens with zero attached hydrogens (tertiary/aromatic N) is 1. The number of carbonyl (C=O) groups excluding carboxylic acids is 1. The van der Waals surface area contributed by atoms with E-state index in [9.17, 15) is 13.2 Å². The van der Waals surface area contributed by atoms with Crippen molar-refractivity contribution in [3.63, 3.8) is 0 Å². The maximum absolute atomic E-state index is 13.6. The molecule has 2 aromatic carbocycles. The van der Waals surface area contributed by atoms with Crippen molar-refractivity contribution < 1.29 is 22.7 Å². The van der Waals surface area contributed by atoms with Gasteiger partial charge in [0.1, 0.15) is 4.21 Å². The summed E-state index contributed by atoms with van der Waals surface area (Å²) >= 11 is 1.11. The molecule has 1 amide bonds. The zero-order chi connectivity index (χ0) is 23.6. The van der Waals surface area contributed by atoms with Crippen molar-refractivity contribution in [2.75, 3.05) is 20.8 Å². The molecule has 2 unspecified atom stereocenters. The van der Waals surface area contributed by atoms with Gasteiger partial charge < -0.3 is 14.4 Å². The molecule has 0 spiro atoms. The van der Waals surface area contributed by atoms with E-state index in [1.54, 1.807) is 37.5 Å². The summed E-state index contributed by atoms with van der Waals surface area (Å²) in [5, 5.41) is 1.69. The number of ether oxygens (including phenoxy) is 2. The summed E-state index contributed by atoms with van der Waals surface area (Å²) in [5.74, 6) is 0.933. The quantitative estimate of drug-likeness (QED) is 0.552. The van der Waals surface area contributed by atoms with Crippen molar-refractivity contribution in [3.05, 3.63) is 76.7 Å². The van der Waals surface area contributed by atoms with Crippen LogP contribution in [0.15, 0.2) is 64.2 Å². The first-order valence-electron chi connectivity index (χ1n) is 10.5. The second-order valence-corrected chi connectivity index (χ2v) is 10.7. The van der Waals surface area contributed by atoms with Gasteiger partial charge in [0.05, 0.1) is 26.3 Å². The molecule has 2 heterocycles. The molecule has 2 atom stereocenters. The molecule has 3 aromatic rings. The summed E-state index contributed by atoms with van der Waals surface area (Å²) < 4.78 is 39.1. The van der Waals surface area contributed by atoms with E-state index >= 15 is 0 Å². The van der Waals surface area contributed by atoms with Crippen LogP contribution in [0.2, 0.25) is 0 Å². The summed E-state index contributed by atoms with van der Waals surface area (Å²) in [6.45, 7) is 2.03. The van der Waals surface area contributed by atoms with Crippen LogP contribution < -0.4 is 14.2 Å². The molecule has 9 heteroatoms. The molecule has 1 N–H and O–H groups in total. The fraction of sp³-hybridized carbons (Fsp3) is 0.292. The SMILES string of the molecule is COc1cc2c(cc1OC)C(c1ccccc1)N(C(=O)C(C)NS(=O)(=O)c1cccs1)CC2. The molecular formula is C24H26N2O5S2. The Morgan fingerprint density at radius 1 is 1.09 bits per heavy atom. The Morgan fingerprint density at radius 3 is 2.42 bits per heavy atom. The Balaban J connectivity index is 1.71. The zero-order valence-electron chi connectivity index (χ0n) is 18.6. The maximum atomic E-state index is 13.6. The standard InChI is InChI=1S/C24H26N2O5S2/c1-16(25-33(28,29)22-10-7-13-32-22)24(27)26-12-11-18-14-20(30-2)21(31-3)15-19(18)23(26)17-8-5-4-6-9-17/h4-10,13-16,23,25H,11-12H2,1-3H3. The fourth-order valence-corrected chi connectivity index (χ4v) is 6.39. The van der Waals surface area contributed by atoms with Gasteiger partial charge in [-0.15, -0.1) is 11.3 Å². The summed E-state index contributed by atoms with van der Waals surface area (Å²) in [4.78, 5) is 15.3. The molecule has 33 heavy (non-hydrogen) atoms. The number of hydrogen-bond donors (Lipinski definition) is 1. The lowest BCUT2D eigenvalue weighted by molar-refractivity contribution is -0.134. The minimum absolute atomic E-state index is 0.183. The highest BCUT2D eigenvalue weighted by Crippen LogP contribution is 2.41. The molecule has 174 valence electrons. The van der Waals surface area contributed by atoms with Gasteiger partial charge in [0.2, 0.25) is 5.91 Å². The number of methoxy groups -OCH3 is 2. The van der Waals surface area contributed by atoms with Crippen molar-refractivity contribution in [2.24, 2.45) is 0 Å². The first-order chi connectivity index (χ1) is 15.9. The Bertz CT molecular complexity index is 1230. The van der Waals surface area contributed by atoms with Crippen LogP contribution in [-0.2, 0) is 21.2 Å². The second-order valence-electron chi connectivity index (χ2n) is 7.78. The second kappa shape index (κ2) is 9.54. The topological polar surface area (TPSA) is 84.9 Å². The third-order valence-corrected chi connectivity index (χ3v) is 8.67. The van der Waals surface area contributed by atoms with E-state index in [4.69, 9.17) is 9.47 Å². The number of hydrogen-bond acceptors (Lipinski definition) is 6. The van der Waals surface area contributed by atoms with Gasteiger partial charge in [-0.3, -0.25) is 4.79 Å². The molecule has 0 radical (unpaired) electrons. The van der Waals surface area contributed by atoms with Crippen molar-refractivity contribution in [1.82, 2.24) is 9.62 Å². The highest BCUT2D eigenvalue weighted by Gasteiger charge is 2.36. The molecular weight excluding hydrogens is 460 g/mol. The van der Waals surface area contributed by atoms with E-state index in [-0.39, 0.29) is 16.2 Å². The van der Waals surface area contributed by atoms with E-state index < -0.39 is 16.1 Å². The summed E-state index contributed by atoms with van der Waals surface area (Å²) in [6, 6.07) is 15.5. The van der Waals surface area contributed by atoms with E-state index in [1.807, 2.05) is 42.5 Å². The summed E-state index contributed by atoms with van der Waals surface area (Å²) in [5.41, 5.74) is 2.94. The lowest BCUT2D eigenvalue weighted by Gasteiger charge is -2.39. The predicted molar refractivity (Wildman–Crippen MR) is 127 cm³/mol. The molecule has 1 aliphatic rings. The van der Waals surface area contributed by atoms with Crippen LogP contribution in [0, 0.1) is 0 Å².